The zero-order chi connectivity index (χ0) is 16.7. The van der Waals surface area contributed by atoms with E-state index in [1.165, 1.54) is 12.1 Å². The summed E-state index contributed by atoms with van der Waals surface area (Å²) in [6.07, 6.45) is 0.685. The molecule has 0 aliphatic rings. The van der Waals surface area contributed by atoms with Crippen LogP contribution in [0, 0.1) is 5.82 Å². The molecule has 1 unspecified atom stereocenters. The number of amides is 1. The van der Waals surface area contributed by atoms with Crippen LogP contribution in [0.2, 0.25) is 5.02 Å². The van der Waals surface area contributed by atoms with Crippen molar-refractivity contribution in [3.05, 3.63) is 34.6 Å². The number of hydrogen-bond acceptors (Lipinski definition) is 3. The molecule has 1 aromatic carbocycles. The Morgan fingerprint density at radius 2 is 2.09 bits per heavy atom. The quantitative estimate of drug-likeness (QED) is 0.718. The number of hydrogen-bond donors (Lipinski definition) is 2. The van der Waals surface area contributed by atoms with E-state index in [2.05, 4.69) is 5.32 Å². The third-order valence-electron chi connectivity index (χ3n) is 2.83. The van der Waals surface area contributed by atoms with E-state index in [0.717, 1.165) is 6.07 Å². The van der Waals surface area contributed by atoms with Crippen molar-refractivity contribution in [2.45, 2.75) is 38.8 Å². The van der Waals surface area contributed by atoms with Gasteiger partial charge in [-0.3, -0.25) is 4.79 Å². The average Bonchev–Trinajstić information content (AvgIpc) is 2.43. The second-order valence-electron chi connectivity index (χ2n) is 5.04. The molecule has 2 N–H and O–H groups in total. The lowest BCUT2D eigenvalue weighted by Gasteiger charge is -2.15. The van der Waals surface area contributed by atoms with Crippen LogP contribution in [0.25, 0.3) is 0 Å². The number of carboxylic acid groups (broad SMARTS) is 1. The largest absolute Gasteiger partial charge is 0.479 e. The van der Waals surface area contributed by atoms with Crippen LogP contribution in [0.5, 0.6) is 0 Å². The molecule has 0 heterocycles. The van der Waals surface area contributed by atoms with E-state index in [4.69, 9.17) is 16.3 Å². The number of carbonyl (C=O) groups is 2. The molecular weight excluding hydrogens is 313 g/mol. The van der Waals surface area contributed by atoms with Crippen molar-refractivity contribution in [1.82, 2.24) is 5.32 Å². The highest BCUT2D eigenvalue weighted by Crippen LogP contribution is 2.20. The number of aliphatic carboxylic acids is 1. The summed E-state index contributed by atoms with van der Waals surface area (Å²) in [7, 11) is 0. The maximum Gasteiger partial charge on any atom is 0.330 e. The third kappa shape index (κ3) is 5.99. The number of ether oxygens (including phenoxy) is 1. The fourth-order valence-electron chi connectivity index (χ4n) is 1.76. The molecule has 1 amide bonds. The molecule has 1 rings (SSSR count). The Kier molecular flexibility index (Phi) is 7.27. The predicted molar refractivity (Wildman–Crippen MR) is 80.3 cm³/mol. The van der Waals surface area contributed by atoms with Gasteiger partial charge in [0.05, 0.1) is 11.1 Å². The van der Waals surface area contributed by atoms with E-state index in [-0.39, 0.29) is 23.1 Å². The van der Waals surface area contributed by atoms with E-state index in [1.807, 2.05) is 13.8 Å². The summed E-state index contributed by atoms with van der Waals surface area (Å²) in [6.45, 7) is 4.18. The first kappa shape index (κ1) is 18.4. The van der Waals surface area contributed by atoms with Crippen LogP contribution >= 0.6 is 11.6 Å². The first-order valence-electron chi connectivity index (χ1n) is 6.90. The SMILES string of the molecule is CC(C)OCCCC(=O)NC(C(=O)O)c1ccc(Cl)c(F)c1. The molecule has 0 spiro atoms. The van der Waals surface area contributed by atoms with Gasteiger partial charge in [0.15, 0.2) is 6.04 Å². The normalized spacial score (nSPS) is 12.2. The minimum absolute atomic E-state index is 0.0758. The predicted octanol–water partition coefficient (Wildman–Crippen LogP) is 2.93. The minimum Gasteiger partial charge on any atom is -0.479 e. The molecule has 0 saturated carbocycles. The molecule has 0 aromatic heterocycles. The van der Waals surface area contributed by atoms with Crippen molar-refractivity contribution < 1.29 is 23.8 Å². The maximum atomic E-state index is 13.4. The van der Waals surface area contributed by atoms with Crippen LogP contribution in [-0.2, 0) is 14.3 Å². The molecule has 0 fully saturated rings. The number of carbonyl (C=O) groups excluding carboxylic acids is 1. The first-order valence-corrected chi connectivity index (χ1v) is 7.27. The lowest BCUT2D eigenvalue weighted by Crippen LogP contribution is -2.33. The van der Waals surface area contributed by atoms with Crippen molar-refractivity contribution in [2.24, 2.45) is 0 Å². The van der Waals surface area contributed by atoms with Crippen LogP contribution in [0.1, 0.15) is 38.3 Å². The van der Waals surface area contributed by atoms with E-state index in [1.54, 1.807) is 0 Å². The van der Waals surface area contributed by atoms with Crippen LogP contribution in [0.4, 0.5) is 4.39 Å². The fraction of sp³-hybridized carbons (Fsp3) is 0.467. The highest BCUT2D eigenvalue weighted by Gasteiger charge is 2.22. The van der Waals surface area contributed by atoms with E-state index >= 15 is 0 Å². The summed E-state index contributed by atoms with van der Waals surface area (Å²) in [5, 5.41) is 11.4. The molecule has 0 bridgehead atoms. The fourth-order valence-corrected chi connectivity index (χ4v) is 1.88. The number of nitrogens with one attached hydrogen (secondary N) is 1. The average molecular weight is 332 g/mol. The molecule has 1 aromatic rings. The molecule has 122 valence electrons. The summed E-state index contributed by atoms with van der Waals surface area (Å²) < 4.78 is 18.7. The smallest absolute Gasteiger partial charge is 0.330 e. The third-order valence-corrected chi connectivity index (χ3v) is 3.14. The van der Waals surface area contributed by atoms with Crippen molar-refractivity contribution in [3.8, 4) is 0 Å². The first-order chi connectivity index (χ1) is 10.3. The molecule has 7 heteroatoms. The zero-order valence-electron chi connectivity index (χ0n) is 12.4. The Morgan fingerprint density at radius 1 is 1.41 bits per heavy atom. The van der Waals surface area contributed by atoms with Crippen LogP contribution in [0.15, 0.2) is 18.2 Å². The van der Waals surface area contributed by atoms with E-state index in [0.29, 0.717) is 13.0 Å². The van der Waals surface area contributed by atoms with Gasteiger partial charge in [-0.1, -0.05) is 17.7 Å². The van der Waals surface area contributed by atoms with Crippen LogP contribution in [-0.4, -0.2) is 29.7 Å². The monoisotopic (exact) mass is 331 g/mol. The summed E-state index contributed by atoms with van der Waals surface area (Å²) in [5.41, 5.74) is 0.126. The molecule has 0 saturated heterocycles. The minimum atomic E-state index is -1.31. The number of benzene rings is 1. The van der Waals surface area contributed by atoms with E-state index in [9.17, 15) is 19.1 Å². The highest BCUT2D eigenvalue weighted by atomic mass is 35.5. The van der Waals surface area contributed by atoms with Crippen molar-refractivity contribution in [3.63, 3.8) is 0 Å². The maximum absolute atomic E-state index is 13.4. The molecule has 5 nitrogen and oxygen atoms in total. The molecular formula is C15H19ClFNO4. The van der Waals surface area contributed by atoms with Gasteiger partial charge in [0.1, 0.15) is 5.82 Å². The topological polar surface area (TPSA) is 75.6 Å². The van der Waals surface area contributed by atoms with Crippen molar-refractivity contribution in [2.75, 3.05) is 6.61 Å². The van der Waals surface area contributed by atoms with Gasteiger partial charge in [-0.05, 0) is 38.0 Å². The van der Waals surface area contributed by atoms with Crippen molar-refractivity contribution in [1.29, 1.82) is 0 Å². The Labute approximate surface area is 133 Å². The van der Waals surface area contributed by atoms with Gasteiger partial charge in [0, 0.05) is 13.0 Å². The summed E-state index contributed by atoms with van der Waals surface area (Å²) in [6, 6.07) is 2.31. The van der Waals surface area contributed by atoms with Crippen LogP contribution in [0.3, 0.4) is 0 Å². The molecule has 1 atom stereocenters. The van der Waals surface area contributed by atoms with Gasteiger partial charge in [0.2, 0.25) is 5.91 Å². The molecule has 0 aliphatic carbocycles. The van der Waals surface area contributed by atoms with Crippen LogP contribution < -0.4 is 5.32 Å². The zero-order valence-corrected chi connectivity index (χ0v) is 13.2. The molecule has 0 radical (unpaired) electrons. The van der Waals surface area contributed by atoms with Gasteiger partial charge in [0.25, 0.3) is 0 Å². The summed E-state index contributed by atoms with van der Waals surface area (Å²) >= 11 is 5.56. The second-order valence-corrected chi connectivity index (χ2v) is 5.44. The Balaban J connectivity index is 2.62. The number of halogens is 2. The summed E-state index contributed by atoms with van der Waals surface area (Å²) in [5.74, 6) is -2.44. The molecule has 0 aliphatic heterocycles. The van der Waals surface area contributed by atoms with E-state index < -0.39 is 23.7 Å². The molecule has 22 heavy (non-hydrogen) atoms. The number of carboxylic acids is 1. The lowest BCUT2D eigenvalue weighted by atomic mass is 10.1. The Hall–Kier alpha value is -1.66. The van der Waals surface area contributed by atoms with Gasteiger partial charge < -0.3 is 15.2 Å². The second kappa shape index (κ2) is 8.70. The Morgan fingerprint density at radius 3 is 2.64 bits per heavy atom. The van der Waals surface area contributed by atoms with Crippen molar-refractivity contribution >= 4 is 23.5 Å². The van der Waals surface area contributed by atoms with Gasteiger partial charge in [-0.2, -0.15) is 0 Å². The van der Waals surface area contributed by atoms with Gasteiger partial charge >= 0.3 is 5.97 Å². The summed E-state index contributed by atoms with van der Waals surface area (Å²) in [4.78, 5) is 23.0. The van der Waals surface area contributed by atoms with Gasteiger partial charge in [-0.25, -0.2) is 9.18 Å². The Bertz CT molecular complexity index is 536. The lowest BCUT2D eigenvalue weighted by molar-refractivity contribution is -0.142. The number of rotatable bonds is 8. The standard InChI is InChI=1S/C15H19ClFNO4/c1-9(2)22-7-3-4-13(19)18-14(15(20)21)10-5-6-11(16)12(17)8-10/h5-6,8-9,14H,3-4,7H2,1-2H3,(H,18,19)(H,20,21). The highest BCUT2D eigenvalue weighted by molar-refractivity contribution is 6.30. The van der Waals surface area contributed by atoms with Gasteiger partial charge in [-0.15, -0.1) is 0 Å².